The Morgan fingerprint density at radius 2 is 1.92 bits per heavy atom. The van der Waals surface area contributed by atoms with E-state index < -0.39 is 0 Å². The first-order valence-corrected chi connectivity index (χ1v) is 9.21. The van der Waals surface area contributed by atoms with E-state index in [4.69, 9.17) is 17.0 Å². The van der Waals surface area contributed by atoms with Crippen molar-refractivity contribution >= 4 is 60.8 Å². The lowest BCUT2D eigenvalue weighted by atomic mass is 10.2. The van der Waals surface area contributed by atoms with Gasteiger partial charge in [-0.25, -0.2) is 0 Å². The van der Waals surface area contributed by atoms with Gasteiger partial charge < -0.3 is 10.1 Å². The van der Waals surface area contributed by atoms with Gasteiger partial charge in [-0.2, -0.15) is 0 Å². The first kappa shape index (κ1) is 18.9. The maximum absolute atomic E-state index is 12.3. The van der Waals surface area contributed by atoms with Crippen LogP contribution in [0.25, 0.3) is 0 Å². The number of halogens is 2. The zero-order chi connectivity index (χ0) is 17.7. The fraction of sp³-hybridized carbons (Fsp3) is 0.176. The molecule has 2 rings (SSSR count). The topological polar surface area (TPSA) is 50.4 Å². The Kier molecular flexibility index (Phi) is 6.77. The number of ether oxygens (including phenoxy) is 1. The zero-order valence-electron chi connectivity index (χ0n) is 13.2. The molecule has 0 spiro atoms. The quantitative estimate of drug-likeness (QED) is 0.613. The molecular weight excluding hydrogens is 456 g/mol. The number of hydrogen-bond donors (Lipinski definition) is 2. The van der Waals surface area contributed by atoms with E-state index in [1.165, 1.54) is 0 Å². The van der Waals surface area contributed by atoms with Gasteiger partial charge in [-0.15, -0.1) is 0 Å². The molecule has 0 saturated heterocycles. The summed E-state index contributed by atoms with van der Waals surface area (Å²) in [6.07, 6.45) is 0. The fourth-order valence-electron chi connectivity index (χ4n) is 1.96. The Balaban J connectivity index is 2.03. The van der Waals surface area contributed by atoms with Crippen LogP contribution in [0.2, 0.25) is 0 Å². The first-order chi connectivity index (χ1) is 11.4. The van der Waals surface area contributed by atoms with E-state index in [0.29, 0.717) is 17.9 Å². The lowest BCUT2D eigenvalue weighted by molar-refractivity contribution is 0.0977. The van der Waals surface area contributed by atoms with Crippen molar-refractivity contribution in [3.8, 4) is 5.75 Å². The summed E-state index contributed by atoms with van der Waals surface area (Å²) in [5, 5.41) is 5.90. The van der Waals surface area contributed by atoms with Crippen molar-refractivity contribution in [3.05, 3.63) is 56.5 Å². The van der Waals surface area contributed by atoms with E-state index in [1.54, 1.807) is 18.2 Å². The molecule has 2 aromatic rings. The summed E-state index contributed by atoms with van der Waals surface area (Å²) in [4.78, 5) is 12.3. The zero-order valence-corrected chi connectivity index (χ0v) is 17.1. The summed E-state index contributed by atoms with van der Waals surface area (Å²) in [7, 11) is 0. The van der Waals surface area contributed by atoms with Gasteiger partial charge in [0.25, 0.3) is 5.91 Å². The van der Waals surface area contributed by atoms with Crippen molar-refractivity contribution in [2.75, 3.05) is 11.9 Å². The van der Waals surface area contributed by atoms with Gasteiger partial charge in [-0.3, -0.25) is 10.1 Å². The normalized spacial score (nSPS) is 10.2. The molecule has 0 unspecified atom stereocenters. The van der Waals surface area contributed by atoms with Gasteiger partial charge >= 0.3 is 0 Å². The number of carbonyl (C=O) groups excluding carboxylic acids is 1. The third-order valence-electron chi connectivity index (χ3n) is 3.09. The number of carbonyl (C=O) groups is 1. The van der Waals surface area contributed by atoms with Crippen LogP contribution in [0, 0.1) is 6.92 Å². The van der Waals surface area contributed by atoms with Gasteiger partial charge in [-0.1, -0.05) is 6.07 Å². The summed E-state index contributed by atoms with van der Waals surface area (Å²) < 4.78 is 7.03. The molecule has 2 N–H and O–H groups in total. The molecular formula is C17H16Br2N2O2S. The smallest absolute Gasteiger partial charge is 0.257 e. The lowest BCUT2D eigenvalue weighted by Gasteiger charge is -2.12. The molecule has 126 valence electrons. The van der Waals surface area contributed by atoms with Crippen LogP contribution in [0.1, 0.15) is 22.8 Å². The third-order valence-corrected chi connectivity index (χ3v) is 4.57. The molecule has 24 heavy (non-hydrogen) atoms. The lowest BCUT2D eigenvalue weighted by Crippen LogP contribution is -2.34. The molecule has 0 aliphatic carbocycles. The van der Waals surface area contributed by atoms with Gasteiger partial charge in [0.15, 0.2) is 5.11 Å². The molecule has 0 aliphatic heterocycles. The summed E-state index contributed by atoms with van der Waals surface area (Å²) in [6, 6.07) is 11.0. The van der Waals surface area contributed by atoms with Crippen LogP contribution in [0.5, 0.6) is 5.75 Å². The molecule has 0 heterocycles. The second-order valence-corrected chi connectivity index (χ2v) is 7.09. The van der Waals surface area contributed by atoms with Gasteiger partial charge in [0.2, 0.25) is 0 Å². The second-order valence-electron chi connectivity index (χ2n) is 4.97. The fourth-order valence-corrected chi connectivity index (χ4v) is 3.25. The van der Waals surface area contributed by atoms with Crippen LogP contribution >= 0.6 is 44.1 Å². The molecule has 0 bridgehead atoms. The largest absolute Gasteiger partial charge is 0.493 e. The molecule has 0 fully saturated rings. The first-order valence-electron chi connectivity index (χ1n) is 7.21. The molecule has 4 nitrogen and oxygen atoms in total. The molecule has 0 radical (unpaired) electrons. The van der Waals surface area contributed by atoms with Crippen LogP contribution in [0.4, 0.5) is 5.69 Å². The molecule has 1 amide bonds. The van der Waals surface area contributed by atoms with Gasteiger partial charge in [0, 0.05) is 10.0 Å². The summed E-state index contributed by atoms with van der Waals surface area (Å²) in [5.41, 5.74) is 2.40. The molecule has 0 aliphatic rings. The number of nitrogens with one attached hydrogen (secondary N) is 2. The van der Waals surface area contributed by atoms with Crippen LogP contribution < -0.4 is 15.4 Å². The van der Waals surface area contributed by atoms with Gasteiger partial charge in [0.1, 0.15) is 5.75 Å². The number of anilines is 1. The SMILES string of the molecule is CCOc1ccc(C(=O)NC(=S)Nc2ccc(C)cc2Br)cc1Br. The molecule has 2 aromatic carbocycles. The molecule has 0 aromatic heterocycles. The number of rotatable bonds is 4. The summed E-state index contributed by atoms with van der Waals surface area (Å²) in [5.74, 6) is 0.401. The highest BCUT2D eigenvalue weighted by molar-refractivity contribution is 9.11. The maximum atomic E-state index is 12.3. The number of aryl methyl sites for hydroxylation is 1. The molecule has 7 heteroatoms. The second kappa shape index (κ2) is 8.60. The predicted octanol–water partition coefficient (Wildman–Crippen LogP) is 5.05. The Morgan fingerprint density at radius 1 is 1.17 bits per heavy atom. The highest BCUT2D eigenvalue weighted by atomic mass is 79.9. The Labute approximate surface area is 163 Å². The number of amides is 1. The molecule has 0 atom stereocenters. The van der Waals surface area contributed by atoms with Crippen molar-refractivity contribution in [2.24, 2.45) is 0 Å². The van der Waals surface area contributed by atoms with E-state index in [0.717, 1.165) is 20.2 Å². The van der Waals surface area contributed by atoms with E-state index >= 15 is 0 Å². The Hall–Kier alpha value is -1.44. The van der Waals surface area contributed by atoms with E-state index in [-0.39, 0.29) is 11.0 Å². The monoisotopic (exact) mass is 470 g/mol. The number of thiocarbonyl (C=S) groups is 1. The van der Waals surface area contributed by atoms with Crippen LogP contribution in [0.15, 0.2) is 45.3 Å². The van der Waals surface area contributed by atoms with Gasteiger partial charge in [-0.05, 0) is 93.8 Å². The van der Waals surface area contributed by atoms with Crippen molar-refractivity contribution in [1.82, 2.24) is 5.32 Å². The number of hydrogen-bond acceptors (Lipinski definition) is 3. The highest BCUT2D eigenvalue weighted by Crippen LogP contribution is 2.26. The summed E-state index contributed by atoms with van der Waals surface area (Å²) in [6.45, 7) is 4.46. The van der Waals surface area contributed by atoms with Gasteiger partial charge in [0.05, 0.1) is 16.8 Å². The van der Waals surface area contributed by atoms with Crippen LogP contribution in [0.3, 0.4) is 0 Å². The minimum Gasteiger partial charge on any atom is -0.493 e. The average Bonchev–Trinajstić information content (AvgIpc) is 2.52. The van der Waals surface area contributed by atoms with E-state index in [2.05, 4.69) is 42.5 Å². The van der Waals surface area contributed by atoms with Crippen LogP contribution in [-0.2, 0) is 0 Å². The number of benzene rings is 2. The Morgan fingerprint density at radius 3 is 2.54 bits per heavy atom. The van der Waals surface area contributed by atoms with Crippen molar-refractivity contribution in [3.63, 3.8) is 0 Å². The maximum Gasteiger partial charge on any atom is 0.257 e. The molecule has 0 saturated carbocycles. The van der Waals surface area contributed by atoms with Crippen molar-refractivity contribution in [2.45, 2.75) is 13.8 Å². The highest BCUT2D eigenvalue weighted by Gasteiger charge is 2.11. The third kappa shape index (κ3) is 5.03. The predicted molar refractivity (Wildman–Crippen MR) is 108 cm³/mol. The van der Waals surface area contributed by atoms with E-state index in [9.17, 15) is 4.79 Å². The van der Waals surface area contributed by atoms with E-state index in [1.807, 2.05) is 32.0 Å². The Bertz CT molecular complexity index is 781. The van der Waals surface area contributed by atoms with Crippen LogP contribution in [-0.4, -0.2) is 17.6 Å². The minimum absolute atomic E-state index is 0.231. The minimum atomic E-state index is -0.292. The van der Waals surface area contributed by atoms with Crippen molar-refractivity contribution < 1.29 is 9.53 Å². The standard InChI is InChI=1S/C17H16Br2N2O2S/c1-3-23-15-7-5-11(9-13(15)19)16(22)21-17(24)20-14-6-4-10(2)8-12(14)18/h4-9H,3H2,1-2H3,(H2,20,21,22,24). The van der Waals surface area contributed by atoms with Crippen molar-refractivity contribution in [1.29, 1.82) is 0 Å². The summed E-state index contributed by atoms with van der Waals surface area (Å²) >= 11 is 12.1. The average molecular weight is 472 g/mol.